The highest BCUT2D eigenvalue weighted by Crippen LogP contribution is 2.63. The molecule has 0 bridgehead atoms. The predicted molar refractivity (Wildman–Crippen MR) is 61.3 cm³/mol. The first-order chi connectivity index (χ1) is 8.28. The van der Waals surface area contributed by atoms with E-state index in [1.807, 2.05) is 26.8 Å². The third-order valence-corrected chi connectivity index (χ3v) is 4.09. The normalized spacial score (nSPS) is 28.2. The molecule has 1 fully saturated rings. The molecule has 1 heterocycles. The Labute approximate surface area is 104 Å². The van der Waals surface area contributed by atoms with Gasteiger partial charge in [-0.05, 0) is 39.5 Å². The fraction of sp³-hybridized carbons (Fsp3) is 0.692. The largest absolute Gasteiger partial charge is 0.293 e. The summed E-state index contributed by atoms with van der Waals surface area (Å²) >= 11 is 0. The van der Waals surface area contributed by atoms with Crippen molar-refractivity contribution in [2.45, 2.75) is 51.0 Å². The molecular weight excluding hydrogens is 236 g/mol. The van der Waals surface area contributed by atoms with E-state index in [1.165, 1.54) is 4.68 Å². The lowest BCUT2D eigenvalue weighted by atomic mass is 9.73. The summed E-state index contributed by atoms with van der Waals surface area (Å²) in [7, 11) is 0. The molecule has 2 aliphatic rings. The van der Waals surface area contributed by atoms with Gasteiger partial charge in [0.05, 0.1) is 5.54 Å². The van der Waals surface area contributed by atoms with E-state index in [2.05, 4.69) is 5.10 Å². The Kier molecular flexibility index (Phi) is 2.01. The Morgan fingerprint density at radius 1 is 1.39 bits per heavy atom. The molecule has 2 aliphatic carbocycles. The minimum atomic E-state index is -2.84. The maximum atomic E-state index is 14.4. The number of fused-ring (bicyclic) bond motifs is 3. The Hall–Kier alpha value is -1.44. The van der Waals surface area contributed by atoms with E-state index in [-0.39, 0.29) is 17.3 Å². The first-order valence-electron chi connectivity index (χ1n) is 6.20. The van der Waals surface area contributed by atoms with E-state index in [1.54, 1.807) is 0 Å². The topological polar surface area (TPSA) is 41.6 Å². The van der Waals surface area contributed by atoms with Gasteiger partial charge in [0.25, 0.3) is 5.92 Å². The number of nitrogens with zero attached hydrogens (tertiary/aromatic N) is 3. The van der Waals surface area contributed by atoms with Crippen LogP contribution in [-0.4, -0.2) is 9.78 Å². The number of aromatic nitrogens is 2. The summed E-state index contributed by atoms with van der Waals surface area (Å²) in [4.78, 5) is 0. The van der Waals surface area contributed by atoms with Crippen molar-refractivity contribution < 1.29 is 8.78 Å². The van der Waals surface area contributed by atoms with Crippen LogP contribution in [0.4, 0.5) is 8.78 Å². The maximum absolute atomic E-state index is 14.4. The van der Waals surface area contributed by atoms with E-state index >= 15 is 0 Å². The van der Waals surface area contributed by atoms with E-state index in [9.17, 15) is 8.78 Å². The van der Waals surface area contributed by atoms with Gasteiger partial charge in [0.15, 0.2) is 5.69 Å². The zero-order valence-corrected chi connectivity index (χ0v) is 10.7. The molecule has 0 aliphatic heterocycles. The molecule has 0 aromatic carbocycles. The van der Waals surface area contributed by atoms with Gasteiger partial charge in [-0.25, -0.2) is 0 Å². The van der Waals surface area contributed by atoms with Crippen molar-refractivity contribution in [2.75, 3.05) is 0 Å². The molecule has 3 nitrogen and oxygen atoms in total. The lowest BCUT2D eigenvalue weighted by Crippen LogP contribution is -2.35. The van der Waals surface area contributed by atoms with Crippen molar-refractivity contribution >= 4 is 0 Å². The van der Waals surface area contributed by atoms with Crippen molar-refractivity contribution in [3.63, 3.8) is 0 Å². The molecule has 0 saturated heterocycles. The van der Waals surface area contributed by atoms with Crippen molar-refractivity contribution in [1.82, 2.24) is 9.78 Å². The second-order valence-electron chi connectivity index (χ2n) is 6.22. The van der Waals surface area contributed by atoms with Crippen LogP contribution in [0.25, 0.3) is 0 Å². The van der Waals surface area contributed by atoms with Crippen molar-refractivity contribution in [3.8, 4) is 6.07 Å². The Balaban J connectivity index is 2.29. The van der Waals surface area contributed by atoms with Crippen LogP contribution < -0.4 is 0 Å². The quantitative estimate of drug-likeness (QED) is 0.711. The van der Waals surface area contributed by atoms with Gasteiger partial charge in [-0.1, -0.05) is 0 Å². The van der Waals surface area contributed by atoms with Gasteiger partial charge in [-0.3, -0.25) is 4.68 Å². The Bertz CT molecular complexity index is 560. The molecule has 1 saturated carbocycles. The molecule has 0 spiro atoms. The minimum absolute atomic E-state index is 0.0148. The summed E-state index contributed by atoms with van der Waals surface area (Å²) in [6, 6.07) is 1.98. The molecule has 0 N–H and O–H groups in total. The van der Waals surface area contributed by atoms with Gasteiger partial charge in [0.2, 0.25) is 0 Å². The molecule has 0 amide bonds. The van der Waals surface area contributed by atoms with Crippen molar-refractivity contribution in [2.24, 2.45) is 5.92 Å². The van der Waals surface area contributed by atoms with Crippen LogP contribution in [0.15, 0.2) is 0 Å². The fourth-order valence-electron chi connectivity index (χ4n) is 3.13. The average Bonchev–Trinajstić information content (AvgIpc) is 2.59. The summed E-state index contributed by atoms with van der Waals surface area (Å²) in [5.41, 5.74) is 0.145. The van der Waals surface area contributed by atoms with Gasteiger partial charge >= 0.3 is 0 Å². The summed E-state index contributed by atoms with van der Waals surface area (Å²) in [5, 5.41) is 13.2. The first kappa shape index (κ1) is 11.6. The zero-order valence-electron chi connectivity index (χ0n) is 10.7. The molecule has 3 rings (SSSR count). The van der Waals surface area contributed by atoms with Crippen molar-refractivity contribution in [1.29, 1.82) is 5.26 Å². The van der Waals surface area contributed by atoms with Crippen LogP contribution in [0.3, 0.4) is 0 Å². The molecule has 5 heteroatoms. The van der Waals surface area contributed by atoms with E-state index in [0.29, 0.717) is 12.0 Å². The molecule has 1 unspecified atom stereocenters. The van der Waals surface area contributed by atoms with Crippen LogP contribution in [-0.2, 0) is 11.5 Å². The molecule has 1 aromatic rings. The number of hydrogen-bond acceptors (Lipinski definition) is 2. The number of nitriles is 1. The zero-order chi connectivity index (χ0) is 13.3. The highest BCUT2D eigenvalue weighted by Gasteiger charge is 2.62. The maximum Gasteiger partial charge on any atom is 0.293 e. The molecule has 18 heavy (non-hydrogen) atoms. The van der Waals surface area contributed by atoms with Crippen LogP contribution in [0.2, 0.25) is 0 Å². The minimum Gasteiger partial charge on any atom is -0.257 e. The third-order valence-electron chi connectivity index (χ3n) is 4.09. The number of halogens is 2. The number of rotatable bonds is 0. The van der Waals surface area contributed by atoms with Gasteiger partial charge in [-0.15, -0.1) is 0 Å². The van der Waals surface area contributed by atoms with E-state index < -0.39 is 17.4 Å². The second-order valence-corrected chi connectivity index (χ2v) is 6.22. The second kappa shape index (κ2) is 3.11. The summed E-state index contributed by atoms with van der Waals surface area (Å²) in [6.45, 7) is 5.49. The predicted octanol–water partition coefficient (Wildman–Crippen LogP) is 3.11. The molecule has 1 aromatic heterocycles. The van der Waals surface area contributed by atoms with Crippen LogP contribution in [0.1, 0.15) is 56.5 Å². The fourth-order valence-corrected chi connectivity index (χ4v) is 3.13. The summed E-state index contributed by atoms with van der Waals surface area (Å²) in [5.74, 6) is -3.62. The van der Waals surface area contributed by atoms with E-state index in [0.717, 1.165) is 6.42 Å². The van der Waals surface area contributed by atoms with Gasteiger partial charge in [0, 0.05) is 11.5 Å². The molecule has 0 radical (unpaired) electrons. The molecule has 2 atom stereocenters. The monoisotopic (exact) mass is 251 g/mol. The first-order valence-corrected chi connectivity index (χ1v) is 6.20. The summed E-state index contributed by atoms with van der Waals surface area (Å²) in [6.07, 6.45) is 1.29. The standard InChI is InChI=1S/C13H15F2N3/c1-12(2,3)18-11-10(9(6-16)17-18)7-4-5-8(7)13(11,14)15/h7-8H,4-5H2,1-3H3/t7?,8-/m1/s1. The smallest absolute Gasteiger partial charge is 0.257 e. The highest BCUT2D eigenvalue weighted by molar-refractivity contribution is 5.47. The number of alkyl halides is 2. The van der Waals surface area contributed by atoms with Crippen LogP contribution in [0.5, 0.6) is 0 Å². The van der Waals surface area contributed by atoms with Gasteiger partial charge < -0.3 is 0 Å². The average molecular weight is 251 g/mol. The third kappa shape index (κ3) is 1.18. The van der Waals surface area contributed by atoms with Gasteiger partial charge in [0.1, 0.15) is 11.8 Å². The van der Waals surface area contributed by atoms with E-state index in [4.69, 9.17) is 5.26 Å². The highest BCUT2D eigenvalue weighted by atomic mass is 19.3. The van der Waals surface area contributed by atoms with Gasteiger partial charge in [-0.2, -0.15) is 19.1 Å². The number of hydrogen-bond donors (Lipinski definition) is 0. The molecular formula is C13H15F2N3. The van der Waals surface area contributed by atoms with Crippen LogP contribution >= 0.6 is 0 Å². The molecule has 96 valence electrons. The Morgan fingerprint density at radius 3 is 2.50 bits per heavy atom. The summed E-state index contributed by atoms with van der Waals surface area (Å²) < 4.78 is 30.2. The Morgan fingerprint density at radius 2 is 2.06 bits per heavy atom. The van der Waals surface area contributed by atoms with Crippen molar-refractivity contribution in [3.05, 3.63) is 17.0 Å². The SMILES string of the molecule is CC(C)(C)n1nc(C#N)c2c1C(F)(F)[C@@H]1CCC21. The lowest BCUT2D eigenvalue weighted by molar-refractivity contribution is -0.0953. The lowest BCUT2D eigenvalue weighted by Gasteiger charge is -2.34. The van der Waals surface area contributed by atoms with Crippen LogP contribution in [0, 0.1) is 17.2 Å².